The van der Waals surface area contributed by atoms with Crippen molar-refractivity contribution in [2.45, 2.75) is 413 Å². The van der Waals surface area contributed by atoms with Gasteiger partial charge in [0.15, 0.2) is 12.2 Å². The number of phosphoric ester groups is 2. The second-order valence-electron chi connectivity index (χ2n) is 28.1. The highest BCUT2D eigenvalue weighted by Crippen LogP contribution is 2.45. The van der Waals surface area contributed by atoms with E-state index in [9.17, 15) is 43.2 Å². The number of carbonyl (C=O) groups excluding carboxylic acids is 4. The molecule has 0 rings (SSSR count). The van der Waals surface area contributed by atoms with Gasteiger partial charge in [-0.25, -0.2) is 9.13 Å². The van der Waals surface area contributed by atoms with Crippen molar-refractivity contribution in [3.8, 4) is 0 Å². The predicted molar refractivity (Wildman–Crippen MR) is 386 cm³/mol. The van der Waals surface area contributed by atoms with Crippen LogP contribution in [-0.4, -0.2) is 96.7 Å². The SMILES string of the molecule is CCCCCCCCCCCCCCCCCC(=O)OC[C@H](COP(=O)(O)OC[C@@H](O)COP(=O)(O)OC[C@@H](COC(=O)CCCCCCCCCC)OC(=O)CCCCCCCCCCCCCC(C)C)OC(=O)CCCCCCCCCCCCCCCCC(C)CC. The molecule has 0 aromatic rings. The first kappa shape index (κ1) is 93.1. The summed E-state index contributed by atoms with van der Waals surface area (Å²) in [7, 11) is -9.91. The number of ether oxygens (including phenoxy) is 4. The van der Waals surface area contributed by atoms with Gasteiger partial charge in [-0.2, -0.15) is 0 Å². The molecule has 0 saturated carbocycles. The van der Waals surface area contributed by atoms with Crippen LogP contribution in [0.1, 0.15) is 395 Å². The van der Waals surface area contributed by atoms with Crippen LogP contribution in [0.15, 0.2) is 0 Å². The van der Waals surface area contributed by atoms with Crippen LogP contribution in [-0.2, 0) is 65.4 Å². The van der Waals surface area contributed by atoms with Gasteiger partial charge in [0, 0.05) is 25.7 Å². The van der Waals surface area contributed by atoms with E-state index in [1.807, 2.05) is 0 Å². The number of rotatable bonds is 75. The average molecular weight is 1400 g/mol. The second-order valence-corrected chi connectivity index (χ2v) is 31.0. The monoisotopic (exact) mass is 1400 g/mol. The van der Waals surface area contributed by atoms with Gasteiger partial charge in [-0.3, -0.25) is 37.3 Å². The number of esters is 4. The molecule has 0 fully saturated rings. The summed E-state index contributed by atoms with van der Waals surface area (Å²) < 4.78 is 68.5. The molecule has 95 heavy (non-hydrogen) atoms. The van der Waals surface area contributed by atoms with E-state index in [4.69, 9.17) is 37.0 Å². The molecule has 0 amide bonds. The van der Waals surface area contributed by atoms with E-state index in [1.54, 1.807) is 0 Å². The third kappa shape index (κ3) is 69.0. The first-order valence-corrected chi connectivity index (χ1v) is 42.5. The van der Waals surface area contributed by atoms with E-state index < -0.39 is 97.5 Å². The molecule has 0 spiro atoms. The number of hydrogen-bond acceptors (Lipinski definition) is 15. The molecule has 564 valence electrons. The summed E-state index contributed by atoms with van der Waals surface area (Å²) in [5.74, 6) is -0.505. The number of aliphatic hydroxyl groups is 1. The van der Waals surface area contributed by atoms with Crippen LogP contribution in [0, 0.1) is 11.8 Å². The van der Waals surface area contributed by atoms with Crippen molar-refractivity contribution in [1.29, 1.82) is 0 Å². The fourth-order valence-electron chi connectivity index (χ4n) is 11.6. The standard InChI is InChI=1S/C76H148O17P2/c1-7-10-12-14-16-18-19-20-21-25-30-35-41-47-53-59-74(79)87-65-72(93-75(80)60-54-48-42-36-31-26-23-22-24-29-34-39-45-51-57-69(6)9-3)67-91-95(84,85)89-63-70(77)62-88-94(82,83)90-66-71(64-86-73(78)58-52-46-40-17-15-13-11-8-2)92-76(81)61-55-49-43-37-32-27-28-33-38-44-50-56-68(4)5/h68-72,77H,7-67H2,1-6H3,(H,82,83)(H,84,85)/t69?,70-,71+,72+/m0/s1. The molecule has 0 heterocycles. The first-order valence-electron chi connectivity index (χ1n) is 39.5. The smallest absolute Gasteiger partial charge is 0.462 e. The van der Waals surface area contributed by atoms with Crippen LogP contribution < -0.4 is 0 Å². The van der Waals surface area contributed by atoms with Crippen molar-refractivity contribution in [2.75, 3.05) is 39.6 Å². The van der Waals surface area contributed by atoms with Crippen LogP contribution in [0.3, 0.4) is 0 Å². The van der Waals surface area contributed by atoms with Crippen molar-refractivity contribution in [3.63, 3.8) is 0 Å². The molecule has 3 N–H and O–H groups in total. The minimum Gasteiger partial charge on any atom is -0.462 e. The summed E-state index contributed by atoms with van der Waals surface area (Å²) in [5.41, 5.74) is 0. The van der Waals surface area contributed by atoms with Crippen molar-refractivity contribution in [3.05, 3.63) is 0 Å². The van der Waals surface area contributed by atoms with Gasteiger partial charge in [0.1, 0.15) is 19.3 Å². The van der Waals surface area contributed by atoms with Crippen LogP contribution in [0.4, 0.5) is 0 Å². The van der Waals surface area contributed by atoms with Gasteiger partial charge in [0.25, 0.3) is 0 Å². The zero-order valence-electron chi connectivity index (χ0n) is 62.0. The largest absolute Gasteiger partial charge is 0.472 e. The third-order valence-electron chi connectivity index (χ3n) is 18.1. The number of phosphoric acid groups is 2. The molecule has 0 aromatic carbocycles. The predicted octanol–water partition coefficient (Wildman–Crippen LogP) is 22.3. The van der Waals surface area contributed by atoms with Crippen LogP contribution >= 0.6 is 15.6 Å². The minimum absolute atomic E-state index is 0.106. The highest BCUT2D eigenvalue weighted by molar-refractivity contribution is 7.47. The Morgan fingerprint density at radius 3 is 0.800 bits per heavy atom. The Morgan fingerprint density at radius 1 is 0.305 bits per heavy atom. The van der Waals surface area contributed by atoms with Gasteiger partial charge < -0.3 is 33.8 Å². The lowest BCUT2D eigenvalue weighted by molar-refractivity contribution is -0.161. The molecule has 0 saturated heterocycles. The average Bonchev–Trinajstić information content (AvgIpc) is 2.42. The molecule has 6 atom stereocenters. The number of carbonyl (C=O) groups is 4. The minimum atomic E-state index is -4.96. The number of hydrogen-bond donors (Lipinski definition) is 3. The van der Waals surface area contributed by atoms with E-state index in [0.29, 0.717) is 25.7 Å². The molecular weight excluding hydrogens is 1250 g/mol. The van der Waals surface area contributed by atoms with Gasteiger partial charge in [0.05, 0.1) is 26.4 Å². The summed E-state index contributed by atoms with van der Waals surface area (Å²) in [6, 6.07) is 0. The maximum atomic E-state index is 13.1. The van der Waals surface area contributed by atoms with Crippen LogP contribution in [0.2, 0.25) is 0 Å². The number of aliphatic hydroxyl groups excluding tert-OH is 1. The second kappa shape index (κ2) is 67.9. The summed E-state index contributed by atoms with van der Waals surface area (Å²) in [6.45, 7) is 9.63. The van der Waals surface area contributed by atoms with Crippen molar-refractivity contribution in [1.82, 2.24) is 0 Å². The molecule has 0 radical (unpaired) electrons. The Balaban J connectivity index is 5.22. The van der Waals surface area contributed by atoms with Gasteiger partial charge in [-0.05, 0) is 37.5 Å². The Hall–Kier alpha value is -1.94. The lowest BCUT2D eigenvalue weighted by Gasteiger charge is -2.21. The van der Waals surface area contributed by atoms with Gasteiger partial charge in [0.2, 0.25) is 0 Å². The highest BCUT2D eigenvalue weighted by atomic mass is 31.2. The number of unbranched alkanes of at least 4 members (excludes halogenated alkanes) is 44. The van der Waals surface area contributed by atoms with E-state index in [1.165, 1.54) is 205 Å². The summed E-state index contributed by atoms with van der Waals surface area (Å²) in [5, 5.41) is 10.6. The summed E-state index contributed by atoms with van der Waals surface area (Å²) in [4.78, 5) is 72.7. The van der Waals surface area contributed by atoms with Crippen molar-refractivity contribution < 1.29 is 80.2 Å². The summed E-state index contributed by atoms with van der Waals surface area (Å²) >= 11 is 0. The van der Waals surface area contributed by atoms with Crippen molar-refractivity contribution >= 4 is 39.5 Å². The molecular formula is C76H148O17P2. The fourth-order valence-corrected chi connectivity index (χ4v) is 13.2. The Bertz CT molecular complexity index is 1840. The normalized spacial score (nSPS) is 14.3. The lowest BCUT2D eigenvalue weighted by Crippen LogP contribution is -2.30. The third-order valence-corrected chi connectivity index (χ3v) is 20.0. The molecule has 0 aliphatic heterocycles. The maximum Gasteiger partial charge on any atom is 0.472 e. The van der Waals surface area contributed by atoms with E-state index in [2.05, 4.69) is 41.5 Å². The Labute approximate surface area is 581 Å². The van der Waals surface area contributed by atoms with Crippen molar-refractivity contribution in [2.24, 2.45) is 11.8 Å². The zero-order valence-corrected chi connectivity index (χ0v) is 63.8. The quantitative estimate of drug-likeness (QED) is 0.0222. The van der Waals surface area contributed by atoms with Gasteiger partial charge in [-0.1, -0.05) is 343 Å². The fraction of sp³-hybridized carbons (Fsp3) is 0.947. The molecule has 0 aliphatic rings. The van der Waals surface area contributed by atoms with Gasteiger partial charge in [-0.15, -0.1) is 0 Å². The molecule has 17 nitrogen and oxygen atoms in total. The molecule has 0 aromatic heterocycles. The molecule has 19 heteroatoms. The highest BCUT2D eigenvalue weighted by Gasteiger charge is 2.30. The van der Waals surface area contributed by atoms with Crippen LogP contribution in [0.25, 0.3) is 0 Å². The van der Waals surface area contributed by atoms with E-state index in [0.717, 1.165) is 108 Å². The molecule has 3 unspecified atom stereocenters. The lowest BCUT2D eigenvalue weighted by atomic mass is 9.99. The topological polar surface area (TPSA) is 237 Å². The summed E-state index contributed by atoms with van der Waals surface area (Å²) in [6.07, 6.45) is 55.4. The van der Waals surface area contributed by atoms with Crippen LogP contribution in [0.5, 0.6) is 0 Å². The zero-order chi connectivity index (χ0) is 70.0. The van der Waals surface area contributed by atoms with Gasteiger partial charge >= 0.3 is 39.5 Å². The Kier molecular flexibility index (Phi) is 66.5. The maximum absolute atomic E-state index is 13.1. The first-order chi connectivity index (χ1) is 45.9. The molecule has 0 bridgehead atoms. The Morgan fingerprint density at radius 2 is 0.537 bits per heavy atom. The van der Waals surface area contributed by atoms with E-state index >= 15 is 0 Å². The molecule has 0 aliphatic carbocycles. The van der Waals surface area contributed by atoms with E-state index in [-0.39, 0.29) is 25.7 Å².